The van der Waals surface area contributed by atoms with Crippen LogP contribution < -0.4 is 0 Å². The molecule has 0 amide bonds. The first kappa shape index (κ1) is 19.1. The molecule has 0 radical (unpaired) electrons. The highest BCUT2D eigenvalue weighted by atomic mass is 31.2. The lowest BCUT2D eigenvalue weighted by Crippen LogP contribution is -2.54. The van der Waals surface area contributed by atoms with Crippen molar-refractivity contribution in [1.29, 1.82) is 0 Å². The van der Waals surface area contributed by atoms with Crippen LogP contribution in [-0.4, -0.2) is 59.8 Å². The van der Waals surface area contributed by atoms with E-state index in [9.17, 15) is 0 Å². The number of rotatable bonds is 4. The summed E-state index contributed by atoms with van der Waals surface area (Å²) >= 11 is 0. The highest BCUT2D eigenvalue weighted by Gasteiger charge is 2.45. The van der Waals surface area contributed by atoms with E-state index >= 15 is 0 Å². The van der Waals surface area contributed by atoms with Crippen LogP contribution in [0.5, 0.6) is 0 Å². The zero-order valence-electron chi connectivity index (χ0n) is 14.9. The topological polar surface area (TPSA) is 22.1 Å². The Hall–Kier alpha value is 0.110. The first-order chi connectivity index (χ1) is 8.35. The van der Waals surface area contributed by atoms with E-state index in [-0.39, 0.29) is 11.1 Å². The fourth-order valence-corrected chi connectivity index (χ4v) is 7.16. The zero-order chi connectivity index (χ0) is 15.6. The average molecular weight is 290 g/mol. The van der Waals surface area contributed by atoms with Crippen LogP contribution >= 0.6 is 7.51 Å². The molecule has 0 aromatic rings. The van der Waals surface area contributed by atoms with Crippen LogP contribution in [0.1, 0.15) is 48.5 Å². The van der Waals surface area contributed by atoms with Gasteiger partial charge in [0.05, 0.1) is 0 Å². The molecule has 0 aromatic heterocycles. The highest BCUT2D eigenvalue weighted by molar-refractivity contribution is 7.59. The van der Waals surface area contributed by atoms with Gasteiger partial charge in [0.25, 0.3) is 0 Å². The summed E-state index contributed by atoms with van der Waals surface area (Å²) in [5.74, 6) is 0. The van der Waals surface area contributed by atoms with Crippen molar-refractivity contribution in [2.24, 2.45) is 4.74 Å². The van der Waals surface area contributed by atoms with Gasteiger partial charge in [0.15, 0.2) is 7.51 Å². The molecule has 0 bridgehead atoms. The van der Waals surface area contributed by atoms with Crippen LogP contribution in [-0.2, 0) is 0 Å². The number of hydrogen-bond acceptors (Lipinski definition) is 1. The molecule has 0 rings (SSSR count). The summed E-state index contributed by atoms with van der Waals surface area (Å²) in [5.41, 5.74) is 0.110. The Morgan fingerprint density at radius 3 is 1.42 bits per heavy atom. The largest absolute Gasteiger partial charge is 0.264 e. The molecule has 0 saturated heterocycles. The first-order valence-corrected chi connectivity index (χ1v) is 8.66. The Labute approximate surface area is 121 Å². The van der Waals surface area contributed by atoms with Gasteiger partial charge in [0.2, 0.25) is 0 Å². The fraction of sp³-hybridized carbons (Fsp3) is 1.00. The van der Waals surface area contributed by atoms with Gasteiger partial charge in [0, 0.05) is 24.7 Å². The second kappa shape index (κ2) is 6.26. The van der Waals surface area contributed by atoms with E-state index in [1.54, 1.807) is 0 Å². The molecular formula is C14H35N4P. The van der Waals surface area contributed by atoms with Crippen molar-refractivity contribution in [3.63, 3.8) is 0 Å². The molecule has 5 heteroatoms. The maximum Gasteiger partial charge on any atom is 0.167 e. The summed E-state index contributed by atoms with van der Waals surface area (Å²) in [5, 5.41) is 0. The van der Waals surface area contributed by atoms with Gasteiger partial charge in [-0.2, -0.15) is 0 Å². The van der Waals surface area contributed by atoms with Gasteiger partial charge in [0.1, 0.15) is 0 Å². The molecule has 0 spiro atoms. The summed E-state index contributed by atoms with van der Waals surface area (Å²) in [7, 11) is 6.58. The minimum Gasteiger partial charge on any atom is -0.264 e. The van der Waals surface area contributed by atoms with E-state index < -0.39 is 7.51 Å². The monoisotopic (exact) mass is 290 g/mol. The minimum atomic E-state index is -1.87. The zero-order valence-corrected chi connectivity index (χ0v) is 15.8. The third kappa shape index (κ3) is 3.81. The Kier molecular flexibility index (Phi) is 6.29. The molecular weight excluding hydrogens is 255 g/mol. The Balaban J connectivity index is 6.24. The van der Waals surface area contributed by atoms with Crippen LogP contribution in [0.3, 0.4) is 0 Å². The molecule has 0 aliphatic heterocycles. The predicted octanol–water partition coefficient (Wildman–Crippen LogP) is 3.97. The van der Waals surface area contributed by atoms with E-state index in [2.05, 4.69) is 83.6 Å². The molecule has 0 saturated carbocycles. The number of hydrogen-bond donors (Lipinski definition) is 0. The van der Waals surface area contributed by atoms with E-state index in [0.29, 0.717) is 0 Å². The van der Waals surface area contributed by atoms with Gasteiger partial charge in [-0.25, -0.2) is 9.34 Å². The van der Waals surface area contributed by atoms with Gasteiger partial charge in [-0.05, 0) is 62.7 Å². The minimum absolute atomic E-state index is 0.0548. The van der Waals surface area contributed by atoms with Crippen molar-refractivity contribution < 1.29 is 0 Å². The molecule has 4 nitrogen and oxygen atoms in total. The molecule has 0 N–H and O–H groups in total. The maximum atomic E-state index is 4.91. The first-order valence-electron chi connectivity index (χ1n) is 7.06. The van der Waals surface area contributed by atoms with Crippen molar-refractivity contribution in [2.45, 2.75) is 59.5 Å². The quantitative estimate of drug-likeness (QED) is 0.731. The normalized spacial score (nSPS) is 17.2. The number of nitrogens with zero attached hydrogens (tertiary/aromatic N) is 4. The van der Waals surface area contributed by atoms with Crippen LogP contribution in [0.15, 0.2) is 4.74 Å². The molecule has 0 aromatic carbocycles. The van der Waals surface area contributed by atoms with Crippen molar-refractivity contribution in [3.8, 4) is 0 Å². The third-order valence-electron chi connectivity index (χ3n) is 3.26. The molecule has 116 valence electrons. The summed E-state index contributed by atoms with van der Waals surface area (Å²) in [4.78, 5) is 0. The average Bonchev–Trinajstić information content (AvgIpc) is 2.20. The molecule has 1 unspecified atom stereocenters. The summed E-state index contributed by atoms with van der Waals surface area (Å²) in [6.45, 7) is 16.9. The summed E-state index contributed by atoms with van der Waals surface area (Å²) < 4.78 is 12.2. The van der Waals surface area contributed by atoms with Crippen LogP contribution in [0, 0.1) is 0 Å². The van der Waals surface area contributed by atoms with Gasteiger partial charge in [-0.1, -0.05) is 6.92 Å². The van der Waals surface area contributed by atoms with Crippen molar-refractivity contribution in [1.82, 2.24) is 14.0 Å². The van der Waals surface area contributed by atoms with Crippen molar-refractivity contribution in [3.05, 3.63) is 0 Å². The van der Waals surface area contributed by atoms with E-state index in [1.807, 2.05) is 7.05 Å². The SMILES string of the molecule is CCN(C)P(=NC)(N(C)C)N(C(C)(C)C)C(C)(C)C. The maximum absolute atomic E-state index is 4.91. The summed E-state index contributed by atoms with van der Waals surface area (Å²) in [6, 6.07) is 0. The van der Waals surface area contributed by atoms with E-state index in [0.717, 1.165) is 6.54 Å². The summed E-state index contributed by atoms with van der Waals surface area (Å²) in [6.07, 6.45) is 0. The second-order valence-electron chi connectivity index (χ2n) is 7.21. The lowest BCUT2D eigenvalue weighted by atomic mass is 10.0. The molecule has 0 heterocycles. The highest BCUT2D eigenvalue weighted by Crippen LogP contribution is 2.62. The van der Waals surface area contributed by atoms with Gasteiger partial charge in [-0.15, -0.1) is 0 Å². The Morgan fingerprint density at radius 2 is 1.26 bits per heavy atom. The standard InChI is InChI=1S/C14H35N4P/c1-12-17(11)19(15-8,16(9)10)18(13(2,3)4)14(5,6)7/h12H2,1-11H3. The molecule has 0 aliphatic carbocycles. The van der Waals surface area contributed by atoms with E-state index in [4.69, 9.17) is 4.74 Å². The smallest absolute Gasteiger partial charge is 0.167 e. The Morgan fingerprint density at radius 1 is 0.895 bits per heavy atom. The fourth-order valence-electron chi connectivity index (χ4n) is 3.06. The molecule has 19 heavy (non-hydrogen) atoms. The van der Waals surface area contributed by atoms with Crippen LogP contribution in [0.2, 0.25) is 0 Å². The molecule has 0 aliphatic rings. The van der Waals surface area contributed by atoms with E-state index in [1.165, 1.54) is 0 Å². The Bertz CT molecular complexity index is 322. The van der Waals surface area contributed by atoms with Crippen LogP contribution in [0.4, 0.5) is 0 Å². The van der Waals surface area contributed by atoms with Gasteiger partial charge in [-0.3, -0.25) is 9.42 Å². The van der Waals surface area contributed by atoms with Gasteiger partial charge < -0.3 is 0 Å². The van der Waals surface area contributed by atoms with Crippen LogP contribution in [0.25, 0.3) is 0 Å². The van der Waals surface area contributed by atoms with Gasteiger partial charge >= 0.3 is 0 Å². The third-order valence-corrected chi connectivity index (χ3v) is 7.81. The lowest BCUT2D eigenvalue weighted by molar-refractivity contribution is 0.126. The second-order valence-corrected chi connectivity index (χ2v) is 10.6. The van der Waals surface area contributed by atoms with Crippen molar-refractivity contribution >= 4 is 7.51 Å². The predicted molar refractivity (Wildman–Crippen MR) is 88.6 cm³/mol. The molecule has 0 fully saturated rings. The lowest BCUT2D eigenvalue weighted by Gasteiger charge is -2.56. The van der Waals surface area contributed by atoms with Crippen molar-refractivity contribution in [2.75, 3.05) is 34.7 Å². The molecule has 1 atom stereocenters.